The molecule has 2 rings (SSSR count). The van der Waals surface area contributed by atoms with Crippen LogP contribution >= 0.6 is 11.3 Å². The molecule has 1 heterocycles. The van der Waals surface area contributed by atoms with E-state index in [1.54, 1.807) is 29.9 Å². The van der Waals surface area contributed by atoms with Gasteiger partial charge in [0.25, 0.3) is 5.91 Å². The normalized spacial score (nSPS) is 12.7. The van der Waals surface area contributed by atoms with Crippen molar-refractivity contribution in [2.75, 3.05) is 13.4 Å². The van der Waals surface area contributed by atoms with Crippen LogP contribution in [0.2, 0.25) is 0 Å². The highest BCUT2D eigenvalue weighted by molar-refractivity contribution is 7.90. The minimum Gasteiger partial charge on any atom is -0.495 e. The lowest BCUT2D eigenvalue weighted by Crippen LogP contribution is -2.26. The zero-order chi connectivity index (χ0) is 16.3. The van der Waals surface area contributed by atoms with E-state index >= 15 is 0 Å². The quantitative estimate of drug-likeness (QED) is 0.900. The summed E-state index contributed by atoms with van der Waals surface area (Å²) >= 11 is 1.34. The van der Waals surface area contributed by atoms with Gasteiger partial charge >= 0.3 is 0 Å². The number of amides is 1. The van der Waals surface area contributed by atoms with Crippen molar-refractivity contribution >= 4 is 27.1 Å². The molecule has 2 aromatic rings. The fourth-order valence-electron chi connectivity index (χ4n) is 1.94. The number of nitrogens with one attached hydrogen (secondary N) is 1. The minimum absolute atomic E-state index is 0.122. The average molecular weight is 340 g/mol. The molecule has 1 aromatic carbocycles. The number of hydrogen-bond acceptors (Lipinski definition) is 6. The van der Waals surface area contributed by atoms with Gasteiger partial charge in [-0.25, -0.2) is 13.4 Å². The molecule has 0 saturated heterocycles. The molecule has 1 atom stereocenters. The van der Waals surface area contributed by atoms with Crippen molar-refractivity contribution in [3.63, 3.8) is 0 Å². The molecule has 0 bridgehead atoms. The molecule has 0 saturated carbocycles. The van der Waals surface area contributed by atoms with E-state index in [0.29, 0.717) is 5.69 Å². The van der Waals surface area contributed by atoms with E-state index in [1.807, 2.05) is 0 Å². The highest BCUT2D eigenvalue weighted by atomic mass is 32.2. The van der Waals surface area contributed by atoms with Gasteiger partial charge in [0.1, 0.15) is 16.3 Å². The van der Waals surface area contributed by atoms with Crippen molar-refractivity contribution in [2.24, 2.45) is 0 Å². The van der Waals surface area contributed by atoms with Gasteiger partial charge in [-0.1, -0.05) is 6.07 Å². The summed E-state index contributed by atoms with van der Waals surface area (Å²) in [6.45, 7) is 1.80. The Hall–Kier alpha value is -1.93. The maximum absolute atomic E-state index is 12.0. The van der Waals surface area contributed by atoms with Gasteiger partial charge in [0.15, 0.2) is 9.84 Å². The molecular formula is C14H16N2O4S2. The topological polar surface area (TPSA) is 85.4 Å². The predicted molar refractivity (Wildman–Crippen MR) is 84.1 cm³/mol. The van der Waals surface area contributed by atoms with Gasteiger partial charge in [-0.2, -0.15) is 0 Å². The third-order valence-electron chi connectivity index (χ3n) is 3.10. The molecular weight excluding hydrogens is 324 g/mol. The molecule has 1 amide bonds. The lowest BCUT2D eigenvalue weighted by molar-refractivity contribution is 0.0935. The number of thiazole rings is 1. The molecule has 8 heteroatoms. The fraction of sp³-hybridized carbons (Fsp3) is 0.286. The molecule has 0 spiro atoms. The Bertz CT molecular complexity index is 770. The van der Waals surface area contributed by atoms with Crippen LogP contribution in [0.3, 0.4) is 0 Å². The van der Waals surface area contributed by atoms with Crippen molar-refractivity contribution in [3.05, 3.63) is 40.3 Å². The molecule has 0 aliphatic rings. The molecule has 1 unspecified atom stereocenters. The largest absolute Gasteiger partial charge is 0.495 e. The van der Waals surface area contributed by atoms with Crippen LogP contribution in [-0.4, -0.2) is 32.7 Å². The number of ether oxygens (including phenoxy) is 1. The highest BCUT2D eigenvalue weighted by Crippen LogP contribution is 2.27. The van der Waals surface area contributed by atoms with Crippen LogP contribution in [-0.2, 0) is 9.84 Å². The molecule has 0 radical (unpaired) electrons. The number of benzene rings is 1. The van der Waals surface area contributed by atoms with Gasteiger partial charge in [-0.3, -0.25) is 4.79 Å². The summed E-state index contributed by atoms with van der Waals surface area (Å²) < 4.78 is 28.5. The second kappa shape index (κ2) is 6.45. The Kier molecular flexibility index (Phi) is 4.82. The van der Waals surface area contributed by atoms with Gasteiger partial charge in [0.05, 0.1) is 18.7 Å². The fourth-order valence-corrected chi connectivity index (χ4v) is 3.29. The average Bonchev–Trinajstić information content (AvgIpc) is 2.99. The number of methoxy groups -OCH3 is 1. The van der Waals surface area contributed by atoms with Gasteiger partial charge in [0.2, 0.25) is 0 Å². The monoisotopic (exact) mass is 340 g/mol. The number of nitrogens with zero attached hydrogens (tertiary/aromatic N) is 1. The summed E-state index contributed by atoms with van der Waals surface area (Å²) in [5.41, 5.74) is 2.69. The summed E-state index contributed by atoms with van der Waals surface area (Å²) in [6, 6.07) is 4.44. The van der Waals surface area contributed by atoms with Gasteiger partial charge in [-0.15, -0.1) is 11.3 Å². The van der Waals surface area contributed by atoms with Crippen molar-refractivity contribution in [2.45, 2.75) is 17.9 Å². The van der Waals surface area contributed by atoms with E-state index in [0.717, 1.165) is 11.8 Å². The maximum Gasteiger partial charge on any atom is 0.271 e. The van der Waals surface area contributed by atoms with Gasteiger partial charge in [0, 0.05) is 11.6 Å². The predicted octanol–water partition coefficient (Wildman–Crippen LogP) is 2.05. The second-order valence-electron chi connectivity index (χ2n) is 4.75. The molecule has 0 fully saturated rings. The van der Waals surface area contributed by atoms with E-state index in [4.69, 9.17) is 4.74 Å². The number of rotatable bonds is 5. The summed E-state index contributed by atoms with van der Waals surface area (Å²) in [5.74, 6) is -0.0188. The van der Waals surface area contributed by atoms with Crippen LogP contribution in [0.1, 0.15) is 29.0 Å². The first-order chi connectivity index (χ1) is 10.3. The first-order valence-electron chi connectivity index (χ1n) is 6.40. The van der Waals surface area contributed by atoms with Gasteiger partial charge < -0.3 is 10.1 Å². The first kappa shape index (κ1) is 16.4. The van der Waals surface area contributed by atoms with Crippen molar-refractivity contribution in [1.82, 2.24) is 10.3 Å². The molecule has 1 N–H and O–H groups in total. The summed E-state index contributed by atoms with van der Waals surface area (Å²) in [5, 5.41) is 4.47. The van der Waals surface area contributed by atoms with Crippen LogP contribution in [0.4, 0.5) is 0 Å². The zero-order valence-electron chi connectivity index (χ0n) is 12.4. The summed E-state index contributed by atoms with van der Waals surface area (Å²) in [6.07, 6.45) is 1.12. The van der Waals surface area contributed by atoms with Crippen molar-refractivity contribution in [3.8, 4) is 5.75 Å². The van der Waals surface area contributed by atoms with Crippen LogP contribution < -0.4 is 10.1 Å². The Labute approximate surface area is 133 Å². The molecule has 6 nitrogen and oxygen atoms in total. The number of carbonyl (C=O) groups is 1. The Morgan fingerprint density at radius 3 is 2.68 bits per heavy atom. The van der Waals surface area contributed by atoms with E-state index in [1.165, 1.54) is 24.5 Å². The van der Waals surface area contributed by atoms with Crippen LogP contribution in [0, 0.1) is 0 Å². The van der Waals surface area contributed by atoms with E-state index < -0.39 is 9.84 Å². The molecule has 1 aromatic heterocycles. The Morgan fingerprint density at radius 2 is 2.14 bits per heavy atom. The number of sulfone groups is 1. The lowest BCUT2D eigenvalue weighted by atomic mass is 10.1. The molecule has 22 heavy (non-hydrogen) atoms. The highest BCUT2D eigenvalue weighted by Gasteiger charge is 2.18. The van der Waals surface area contributed by atoms with Crippen LogP contribution in [0.15, 0.2) is 34.0 Å². The molecule has 0 aliphatic carbocycles. The van der Waals surface area contributed by atoms with Crippen LogP contribution in [0.25, 0.3) is 0 Å². The maximum atomic E-state index is 12.0. The standard InChI is InChI=1S/C14H16N2O4S2/c1-9(16-14(17)11-7-21-8-15-11)10-4-5-13(22(3,18)19)12(6-10)20-2/h4-9H,1-3H3,(H,16,17). The second-order valence-corrected chi connectivity index (χ2v) is 7.45. The smallest absolute Gasteiger partial charge is 0.271 e. The molecule has 118 valence electrons. The third kappa shape index (κ3) is 3.63. The summed E-state index contributed by atoms with van der Waals surface area (Å²) in [7, 11) is -1.96. The first-order valence-corrected chi connectivity index (χ1v) is 9.23. The lowest BCUT2D eigenvalue weighted by Gasteiger charge is -2.16. The third-order valence-corrected chi connectivity index (χ3v) is 4.82. The van der Waals surface area contributed by atoms with E-state index in [-0.39, 0.29) is 22.6 Å². The summed E-state index contributed by atoms with van der Waals surface area (Å²) in [4.78, 5) is 16.0. The number of carbonyl (C=O) groups excluding carboxylic acids is 1. The number of aromatic nitrogens is 1. The van der Waals surface area contributed by atoms with E-state index in [2.05, 4.69) is 10.3 Å². The zero-order valence-corrected chi connectivity index (χ0v) is 14.0. The van der Waals surface area contributed by atoms with Crippen LogP contribution in [0.5, 0.6) is 5.75 Å². The van der Waals surface area contributed by atoms with Crippen molar-refractivity contribution in [1.29, 1.82) is 0 Å². The molecule has 0 aliphatic heterocycles. The number of hydrogen-bond donors (Lipinski definition) is 1. The SMILES string of the molecule is COc1cc(C(C)NC(=O)c2cscn2)ccc1S(C)(=O)=O. The van der Waals surface area contributed by atoms with E-state index in [9.17, 15) is 13.2 Å². The van der Waals surface area contributed by atoms with Crippen molar-refractivity contribution < 1.29 is 17.9 Å². The Morgan fingerprint density at radius 1 is 1.41 bits per heavy atom. The van der Waals surface area contributed by atoms with Gasteiger partial charge in [-0.05, 0) is 24.6 Å². The minimum atomic E-state index is -3.37. The Balaban J connectivity index is 2.24.